The molecule has 154 valence electrons. The number of nitrogens with one attached hydrogen (secondary N) is 1. The third kappa shape index (κ3) is 3.45. The molecule has 0 aliphatic rings. The molecule has 31 heavy (non-hydrogen) atoms. The standard InChI is InChI=1S/C26H23N3OS/c1-16-12-13-17(2)19(14-16)15-31-26-28-23-20-9-5-6-10-21(20)27-24(23)25(30)29(26)22-11-7-4-8-18(22)3/h4-14,27H,15H2,1-3H3. The second-order valence-corrected chi connectivity index (χ2v) is 8.88. The highest BCUT2D eigenvalue weighted by atomic mass is 32.2. The van der Waals surface area contributed by atoms with Crippen LogP contribution in [-0.2, 0) is 5.75 Å². The van der Waals surface area contributed by atoms with E-state index in [4.69, 9.17) is 4.98 Å². The molecule has 4 nitrogen and oxygen atoms in total. The fourth-order valence-corrected chi connectivity index (χ4v) is 5.03. The molecule has 0 aliphatic heterocycles. The molecular formula is C26H23N3OS. The van der Waals surface area contributed by atoms with Gasteiger partial charge in [-0.25, -0.2) is 4.98 Å². The van der Waals surface area contributed by atoms with Crippen molar-refractivity contribution in [2.75, 3.05) is 0 Å². The smallest absolute Gasteiger partial charge is 0.283 e. The van der Waals surface area contributed by atoms with Crippen molar-refractivity contribution in [1.29, 1.82) is 0 Å². The van der Waals surface area contributed by atoms with E-state index in [-0.39, 0.29) is 5.56 Å². The lowest BCUT2D eigenvalue weighted by molar-refractivity contribution is 0.813. The second kappa shape index (κ2) is 7.75. The van der Waals surface area contributed by atoms with Crippen molar-refractivity contribution in [3.8, 4) is 5.69 Å². The Hall–Kier alpha value is -3.31. The molecule has 0 amide bonds. The number of aryl methyl sites for hydroxylation is 3. The van der Waals surface area contributed by atoms with Crippen molar-refractivity contribution in [2.24, 2.45) is 0 Å². The van der Waals surface area contributed by atoms with Crippen LogP contribution in [0.4, 0.5) is 0 Å². The molecule has 0 saturated heterocycles. The predicted molar refractivity (Wildman–Crippen MR) is 129 cm³/mol. The van der Waals surface area contributed by atoms with Crippen LogP contribution in [0, 0.1) is 20.8 Å². The number of hydrogen-bond acceptors (Lipinski definition) is 3. The lowest BCUT2D eigenvalue weighted by Crippen LogP contribution is -2.22. The lowest BCUT2D eigenvalue weighted by Gasteiger charge is -2.15. The zero-order valence-electron chi connectivity index (χ0n) is 17.8. The van der Waals surface area contributed by atoms with Crippen molar-refractivity contribution < 1.29 is 0 Å². The molecule has 0 saturated carbocycles. The topological polar surface area (TPSA) is 50.7 Å². The molecule has 0 atom stereocenters. The summed E-state index contributed by atoms with van der Waals surface area (Å²) in [6, 6.07) is 22.4. The van der Waals surface area contributed by atoms with Crippen LogP contribution in [0.1, 0.15) is 22.3 Å². The van der Waals surface area contributed by atoms with E-state index in [0.29, 0.717) is 10.7 Å². The first-order valence-corrected chi connectivity index (χ1v) is 11.3. The number of para-hydroxylation sites is 2. The van der Waals surface area contributed by atoms with Crippen LogP contribution in [0.5, 0.6) is 0 Å². The van der Waals surface area contributed by atoms with E-state index in [0.717, 1.165) is 33.4 Å². The molecule has 0 unspecified atom stereocenters. The summed E-state index contributed by atoms with van der Waals surface area (Å²) in [5.41, 5.74) is 7.77. The molecule has 2 aromatic heterocycles. The minimum absolute atomic E-state index is 0.0704. The number of hydrogen-bond donors (Lipinski definition) is 1. The fraction of sp³-hybridized carbons (Fsp3) is 0.154. The van der Waals surface area contributed by atoms with E-state index in [1.54, 1.807) is 16.3 Å². The van der Waals surface area contributed by atoms with Gasteiger partial charge in [-0.2, -0.15) is 0 Å². The number of thioether (sulfide) groups is 1. The van der Waals surface area contributed by atoms with Gasteiger partial charge in [0.15, 0.2) is 5.16 Å². The van der Waals surface area contributed by atoms with Crippen LogP contribution in [0.25, 0.3) is 27.6 Å². The highest BCUT2D eigenvalue weighted by molar-refractivity contribution is 7.98. The number of nitrogens with zero attached hydrogens (tertiary/aromatic N) is 2. The van der Waals surface area contributed by atoms with Crippen LogP contribution < -0.4 is 5.56 Å². The third-order valence-electron chi connectivity index (χ3n) is 5.71. The van der Waals surface area contributed by atoms with Gasteiger partial charge in [-0.05, 0) is 49.6 Å². The highest BCUT2D eigenvalue weighted by Gasteiger charge is 2.18. The van der Waals surface area contributed by atoms with Crippen molar-refractivity contribution >= 4 is 33.7 Å². The van der Waals surface area contributed by atoms with E-state index in [2.05, 4.69) is 37.0 Å². The Labute approximate surface area is 185 Å². The molecule has 0 fully saturated rings. The van der Waals surface area contributed by atoms with E-state index in [9.17, 15) is 4.79 Å². The Morgan fingerprint density at radius 2 is 1.71 bits per heavy atom. The molecule has 2 heterocycles. The van der Waals surface area contributed by atoms with Crippen LogP contribution in [-0.4, -0.2) is 14.5 Å². The Morgan fingerprint density at radius 1 is 0.935 bits per heavy atom. The lowest BCUT2D eigenvalue weighted by atomic mass is 10.1. The Morgan fingerprint density at radius 3 is 2.55 bits per heavy atom. The molecule has 0 bridgehead atoms. The molecule has 5 heteroatoms. The van der Waals surface area contributed by atoms with Gasteiger partial charge < -0.3 is 4.98 Å². The Bertz CT molecular complexity index is 1500. The summed E-state index contributed by atoms with van der Waals surface area (Å²) in [6.07, 6.45) is 0. The molecule has 0 radical (unpaired) electrons. The SMILES string of the molecule is Cc1ccc(C)c(CSc2nc3c([nH]c4ccccc43)c(=O)n2-c2ccccc2C)c1. The maximum atomic E-state index is 13.7. The van der Waals surface area contributed by atoms with Gasteiger partial charge in [-0.3, -0.25) is 9.36 Å². The molecule has 5 rings (SSSR count). The molecular weight excluding hydrogens is 402 g/mol. The first-order valence-electron chi connectivity index (χ1n) is 10.3. The van der Waals surface area contributed by atoms with Crippen molar-refractivity contribution in [1.82, 2.24) is 14.5 Å². The van der Waals surface area contributed by atoms with Gasteiger partial charge in [0.05, 0.1) is 5.69 Å². The van der Waals surface area contributed by atoms with Gasteiger partial charge >= 0.3 is 0 Å². The van der Waals surface area contributed by atoms with Crippen LogP contribution >= 0.6 is 11.8 Å². The number of fused-ring (bicyclic) bond motifs is 3. The van der Waals surface area contributed by atoms with Crippen LogP contribution in [0.2, 0.25) is 0 Å². The summed E-state index contributed by atoms with van der Waals surface area (Å²) >= 11 is 1.61. The van der Waals surface area contributed by atoms with Crippen molar-refractivity contribution in [3.63, 3.8) is 0 Å². The Kier molecular flexibility index (Phi) is 4.91. The van der Waals surface area contributed by atoms with Crippen LogP contribution in [0.15, 0.2) is 76.7 Å². The summed E-state index contributed by atoms with van der Waals surface area (Å²) < 4.78 is 1.75. The van der Waals surface area contributed by atoms with Crippen molar-refractivity contribution in [3.05, 3.63) is 99.3 Å². The van der Waals surface area contributed by atoms with E-state index >= 15 is 0 Å². The molecule has 5 aromatic rings. The summed E-state index contributed by atoms with van der Waals surface area (Å²) in [7, 11) is 0. The quantitative estimate of drug-likeness (QED) is 0.280. The van der Waals surface area contributed by atoms with Gasteiger partial charge in [-0.1, -0.05) is 71.9 Å². The average Bonchev–Trinajstić information content (AvgIpc) is 3.14. The maximum absolute atomic E-state index is 13.7. The second-order valence-electron chi connectivity index (χ2n) is 7.93. The van der Waals surface area contributed by atoms with Gasteiger partial charge in [0.2, 0.25) is 0 Å². The number of H-pyrrole nitrogens is 1. The van der Waals surface area contributed by atoms with Gasteiger partial charge in [-0.15, -0.1) is 0 Å². The monoisotopic (exact) mass is 425 g/mol. The predicted octanol–water partition coefficient (Wildman–Crippen LogP) is 6.08. The first-order chi connectivity index (χ1) is 15.0. The van der Waals surface area contributed by atoms with Crippen molar-refractivity contribution in [2.45, 2.75) is 31.7 Å². The number of benzene rings is 3. The highest BCUT2D eigenvalue weighted by Crippen LogP contribution is 2.29. The zero-order chi connectivity index (χ0) is 21.5. The van der Waals surface area contributed by atoms with E-state index < -0.39 is 0 Å². The maximum Gasteiger partial charge on any atom is 0.283 e. The summed E-state index contributed by atoms with van der Waals surface area (Å²) in [5.74, 6) is 0.750. The minimum Gasteiger partial charge on any atom is -0.349 e. The molecule has 0 aliphatic carbocycles. The largest absolute Gasteiger partial charge is 0.349 e. The first kappa shape index (κ1) is 19.6. The Balaban J connectivity index is 1.73. The normalized spacial score (nSPS) is 11.5. The summed E-state index contributed by atoms with van der Waals surface area (Å²) in [6.45, 7) is 6.25. The minimum atomic E-state index is -0.0704. The molecule has 1 N–H and O–H groups in total. The van der Waals surface area contributed by atoms with Gasteiger partial charge in [0.1, 0.15) is 11.0 Å². The van der Waals surface area contributed by atoms with Gasteiger partial charge in [0.25, 0.3) is 5.56 Å². The molecule has 3 aromatic carbocycles. The van der Waals surface area contributed by atoms with Crippen LogP contribution in [0.3, 0.4) is 0 Å². The van der Waals surface area contributed by atoms with E-state index in [1.807, 2.05) is 55.5 Å². The number of rotatable bonds is 4. The average molecular weight is 426 g/mol. The number of aromatic nitrogens is 3. The number of aromatic amines is 1. The van der Waals surface area contributed by atoms with E-state index in [1.165, 1.54) is 16.7 Å². The zero-order valence-corrected chi connectivity index (χ0v) is 18.6. The fourth-order valence-electron chi connectivity index (χ4n) is 3.96. The molecule has 0 spiro atoms. The summed E-state index contributed by atoms with van der Waals surface area (Å²) in [4.78, 5) is 22.0. The van der Waals surface area contributed by atoms with Gasteiger partial charge in [0, 0.05) is 16.7 Å². The summed E-state index contributed by atoms with van der Waals surface area (Å²) in [5, 5.41) is 1.68. The third-order valence-corrected chi connectivity index (χ3v) is 6.70.